The molecular weight excluding hydrogens is 414 g/mol. The largest absolute Gasteiger partial charge is 0.348 e. The fourth-order valence-corrected chi connectivity index (χ4v) is 4.44. The maximum atomic E-state index is 12.5. The molecule has 2 aromatic heterocycles. The highest BCUT2D eigenvalue weighted by Crippen LogP contribution is 2.16. The minimum atomic E-state index is -3.49. The van der Waals surface area contributed by atoms with Gasteiger partial charge in [0, 0.05) is 44.3 Å². The minimum Gasteiger partial charge on any atom is -0.348 e. The van der Waals surface area contributed by atoms with Gasteiger partial charge in [-0.05, 0) is 47.5 Å². The zero-order valence-corrected chi connectivity index (χ0v) is 18.3. The molecule has 0 bridgehead atoms. The second-order valence-electron chi connectivity index (χ2n) is 6.68. The molecule has 0 spiro atoms. The molecule has 0 aliphatic carbocycles. The Balaban J connectivity index is 1.59. The zero-order valence-electron chi connectivity index (χ0n) is 17.5. The summed E-state index contributed by atoms with van der Waals surface area (Å²) in [6.07, 6.45) is 8.20. The lowest BCUT2D eigenvalue weighted by Crippen LogP contribution is -2.30. The summed E-state index contributed by atoms with van der Waals surface area (Å²) >= 11 is 0. The summed E-state index contributed by atoms with van der Waals surface area (Å²) in [5.41, 5.74) is 1.63. The highest BCUT2D eigenvalue weighted by atomic mass is 32.2. The van der Waals surface area contributed by atoms with E-state index >= 15 is 0 Å². The van der Waals surface area contributed by atoms with Crippen LogP contribution < -0.4 is 5.32 Å². The van der Waals surface area contributed by atoms with Gasteiger partial charge in [-0.25, -0.2) is 18.1 Å². The number of carbonyl (C=O) groups excluding carboxylic acids is 1. The number of carbonyl (C=O) groups is 1. The molecule has 0 saturated carbocycles. The minimum absolute atomic E-state index is 0.239. The van der Waals surface area contributed by atoms with Gasteiger partial charge in [-0.3, -0.25) is 4.79 Å². The van der Waals surface area contributed by atoms with Gasteiger partial charge in [0.1, 0.15) is 0 Å². The Morgan fingerprint density at radius 1 is 1.13 bits per heavy atom. The first-order chi connectivity index (χ1) is 14.9. The normalized spacial score (nSPS) is 11.8. The first-order valence-electron chi connectivity index (χ1n) is 9.95. The van der Waals surface area contributed by atoms with Crippen molar-refractivity contribution in [2.75, 3.05) is 13.1 Å². The predicted octanol–water partition coefficient (Wildman–Crippen LogP) is 2.63. The molecular formula is C22H25N5O3S. The SMILES string of the molecule is CCN(CC)S(=O)(=O)c1ccc(/C=C/C(=O)NCc2ccnc(-n3cccn3)c2)cc1. The molecule has 0 fully saturated rings. The van der Waals surface area contributed by atoms with Gasteiger partial charge in [0.2, 0.25) is 15.9 Å². The highest BCUT2D eigenvalue weighted by molar-refractivity contribution is 7.89. The summed E-state index contributed by atoms with van der Waals surface area (Å²) in [5, 5.41) is 6.96. The number of hydrogen-bond donors (Lipinski definition) is 1. The van der Waals surface area contributed by atoms with Crippen molar-refractivity contribution in [3.8, 4) is 5.82 Å². The summed E-state index contributed by atoms with van der Waals surface area (Å²) in [5.74, 6) is 0.421. The van der Waals surface area contributed by atoms with Crippen molar-refractivity contribution in [1.82, 2.24) is 24.4 Å². The smallest absolute Gasteiger partial charge is 0.244 e. The van der Waals surface area contributed by atoms with E-state index in [1.807, 2.05) is 18.2 Å². The van der Waals surface area contributed by atoms with Crippen molar-refractivity contribution in [2.24, 2.45) is 0 Å². The Kier molecular flexibility index (Phi) is 7.32. The molecule has 0 unspecified atom stereocenters. The summed E-state index contributed by atoms with van der Waals surface area (Å²) < 4.78 is 28.1. The van der Waals surface area contributed by atoms with E-state index in [1.165, 1.54) is 10.4 Å². The summed E-state index contributed by atoms with van der Waals surface area (Å²) in [6, 6.07) is 12.0. The molecule has 162 valence electrons. The van der Waals surface area contributed by atoms with Crippen LogP contribution in [0.4, 0.5) is 0 Å². The number of amides is 1. The highest BCUT2D eigenvalue weighted by Gasteiger charge is 2.20. The lowest BCUT2D eigenvalue weighted by atomic mass is 10.2. The van der Waals surface area contributed by atoms with Gasteiger partial charge < -0.3 is 5.32 Å². The van der Waals surface area contributed by atoms with E-state index in [1.54, 1.807) is 67.5 Å². The fourth-order valence-electron chi connectivity index (χ4n) is 2.98. The van der Waals surface area contributed by atoms with Crippen LogP contribution in [0.1, 0.15) is 25.0 Å². The Labute approximate surface area is 182 Å². The molecule has 0 aliphatic rings. The van der Waals surface area contributed by atoms with Gasteiger partial charge >= 0.3 is 0 Å². The van der Waals surface area contributed by atoms with Crippen LogP contribution >= 0.6 is 0 Å². The lowest BCUT2D eigenvalue weighted by Gasteiger charge is -2.18. The topological polar surface area (TPSA) is 97.2 Å². The third kappa shape index (κ3) is 5.65. The van der Waals surface area contributed by atoms with Crippen molar-refractivity contribution in [3.05, 3.63) is 78.3 Å². The maximum Gasteiger partial charge on any atom is 0.244 e. The van der Waals surface area contributed by atoms with Crippen LogP contribution in [0.15, 0.2) is 72.0 Å². The molecule has 1 amide bonds. The average molecular weight is 440 g/mol. The van der Waals surface area contributed by atoms with Crippen LogP contribution in [0.2, 0.25) is 0 Å². The van der Waals surface area contributed by atoms with E-state index in [-0.39, 0.29) is 10.8 Å². The van der Waals surface area contributed by atoms with E-state index in [9.17, 15) is 13.2 Å². The summed E-state index contributed by atoms with van der Waals surface area (Å²) in [4.78, 5) is 16.7. The van der Waals surface area contributed by atoms with E-state index < -0.39 is 10.0 Å². The summed E-state index contributed by atoms with van der Waals surface area (Å²) in [6.45, 7) is 4.80. The van der Waals surface area contributed by atoms with Crippen molar-refractivity contribution >= 4 is 22.0 Å². The Hall–Kier alpha value is -3.30. The molecule has 0 radical (unpaired) electrons. The quantitative estimate of drug-likeness (QED) is 0.517. The summed E-state index contributed by atoms with van der Waals surface area (Å²) in [7, 11) is -3.49. The van der Waals surface area contributed by atoms with E-state index in [0.29, 0.717) is 25.5 Å². The van der Waals surface area contributed by atoms with Gasteiger partial charge in [-0.15, -0.1) is 0 Å². The van der Waals surface area contributed by atoms with Crippen LogP contribution in [-0.2, 0) is 21.4 Å². The number of rotatable bonds is 9. The van der Waals surface area contributed by atoms with Crippen LogP contribution in [-0.4, -0.2) is 46.5 Å². The number of pyridine rings is 1. The van der Waals surface area contributed by atoms with E-state index in [4.69, 9.17) is 0 Å². The predicted molar refractivity (Wildman–Crippen MR) is 119 cm³/mol. The molecule has 0 saturated heterocycles. The number of benzene rings is 1. The van der Waals surface area contributed by atoms with Gasteiger partial charge in [0.25, 0.3) is 0 Å². The van der Waals surface area contributed by atoms with Gasteiger partial charge in [0.15, 0.2) is 5.82 Å². The van der Waals surface area contributed by atoms with Gasteiger partial charge in [0.05, 0.1) is 4.90 Å². The molecule has 1 N–H and O–H groups in total. The Morgan fingerprint density at radius 3 is 2.52 bits per heavy atom. The molecule has 9 heteroatoms. The van der Waals surface area contributed by atoms with Crippen LogP contribution in [0.5, 0.6) is 0 Å². The number of nitrogens with zero attached hydrogens (tertiary/aromatic N) is 4. The lowest BCUT2D eigenvalue weighted by molar-refractivity contribution is -0.116. The molecule has 31 heavy (non-hydrogen) atoms. The molecule has 8 nitrogen and oxygen atoms in total. The first kappa shape index (κ1) is 22.4. The van der Waals surface area contributed by atoms with Crippen molar-refractivity contribution in [1.29, 1.82) is 0 Å². The maximum absolute atomic E-state index is 12.5. The van der Waals surface area contributed by atoms with Crippen molar-refractivity contribution in [3.63, 3.8) is 0 Å². The third-order valence-electron chi connectivity index (χ3n) is 4.67. The standard InChI is InChI=1S/C22H25N5O3S/c1-3-26(4-2)31(29,30)20-9-6-18(7-10-20)8-11-22(28)24-17-19-12-14-23-21(16-19)27-15-5-13-25-27/h5-16H,3-4,17H2,1-2H3,(H,24,28)/b11-8+. The zero-order chi connectivity index (χ0) is 22.3. The number of sulfonamides is 1. The first-order valence-corrected chi connectivity index (χ1v) is 11.4. The van der Waals surface area contributed by atoms with Crippen LogP contribution in [0, 0.1) is 0 Å². The molecule has 3 aromatic rings. The molecule has 1 aromatic carbocycles. The average Bonchev–Trinajstić information content (AvgIpc) is 3.32. The number of nitrogens with one attached hydrogen (secondary N) is 1. The van der Waals surface area contributed by atoms with Crippen molar-refractivity contribution in [2.45, 2.75) is 25.3 Å². The van der Waals surface area contributed by atoms with Crippen LogP contribution in [0.25, 0.3) is 11.9 Å². The second kappa shape index (κ2) is 10.1. The Morgan fingerprint density at radius 2 is 1.87 bits per heavy atom. The Bertz CT molecular complexity index is 1140. The van der Waals surface area contributed by atoms with E-state index in [2.05, 4.69) is 15.4 Å². The van der Waals surface area contributed by atoms with Gasteiger partial charge in [-0.2, -0.15) is 9.40 Å². The molecule has 3 rings (SSSR count). The number of aromatic nitrogens is 3. The molecule has 2 heterocycles. The van der Waals surface area contributed by atoms with E-state index in [0.717, 1.165) is 11.1 Å². The molecule has 0 atom stereocenters. The monoisotopic (exact) mass is 439 g/mol. The molecule has 0 aliphatic heterocycles. The fraction of sp³-hybridized carbons (Fsp3) is 0.227. The van der Waals surface area contributed by atoms with Crippen LogP contribution in [0.3, 0.4) is 0 Å². The third-order valence-corrected chi connectivity index (χ3v) is 6.73. The second-order valence-corrected chi connectivity index (χ2v) is 8.62. The van der Waals surface area contributed by atoms with Crippen molar-refractivity contribution < 1.29 is 13.2 Å². The number of hydrogen-bond acceptors (Lipinski definition) is 5. The van der Waals surface area contributed by atoms with Gasteiger partial charge in [-0.1, -0.05) is 26.0 Å².